The van der Waals surface area contributed by atoms with Crippen molar-refractivity contribution in [1.82, 2.24) is 20.3 Å². The minimum atomic E-state index is -4.00. The van der Waals surface area contributed by atoms with Gasteiger partial charge in [0.15, 0.2) is 0 Å². The van der Waals surface area contributed by atoms with Gasteiger partial charge in [0.1, 0.15) is 6.04 Å². The number of fused-ring (bicyclic) bond motifs is 1. The Labute approximate surface area is 224 Å². The van der Waals surface area contributed by atoms with Crippen molar-refractivity contribution in [2.24, 2.45) is 0 Å². The zero-order valence-electron chi connectivity index (χ0n) is 21.8. The summed E-state index contributed by atoms with van der Waals surface area (Å²) in [6.07, 6.45) is 9.95. The molecule has 2 aromatic carbocycles. The van der Waals surface area contributed by atoms with Crippen LogP contribution in [0.5, 0.6) is 0 Å². The van der Waals surface area contributed by atoms with Gasteiger partial charge in [-0.25, -0.2) is 8.42 Å². The van der Waals surface area contributed by atoms with E-state index in [1.807, 2.05) is 6.92 Å². The highest BCUT2D eigenvalue weighted by Gasteiger charge is 2.37. The molecular weight excluding hydrogens is 500 g/mol. The van der Waals surface area contributed by atoms with Gasteiger partial charge in [-0.15, -0.1) is 0 Å². The zero-order valence-corrected chi connectivity index (χ0v) is 22.6. The van der Waals surface area contributed by atoms with Crippen LogP contribution in [0.25, 0.3) is 0 Å². The van der Waals surface area contributed by atoms with Crippen LogP contribution in [0.4, 0.5) is 0 Å². The van der Waals surface area contributed by atoms with Crippen LogP contribution in [-0.2, 0) is 32.5 Å². The molecule has 38 heavy (non-hydrogen) atoms. The average molecular weight is 537 g/mol. The first kappa shape index (κ1) is 26.4. The largest absolute Gasteiger partial charge is 0.349 e. The van der Waals surface area contributed by atoms with E-state index in [4.69, 9.17) is 0 Å². The number of hydrogen-bond donors (Lipinski definition) is 3. The number of rotatable bonds is 9. The van der Waals surface area contributed by atoms with Crippen LogP contribution in [0, 0.1) is 6.92 Å². The van der Waals surface area contributed by atoms with E-state index in [2.05, 4.69) is 34.1 Å². The fraction of sp³-hybridized carbons (Fsp3) is 0.448. The van der Waals surface area contributed by atoms with Gasteiger partial charge in [-0.1, -0.05) is 42.3 Å². The second kappa shape index (κ2) is 11.3. The molecular formula is C29H36N4O4S. The van der Waals surface area contributed by atoms with E-state index in [9.17, 15) is 18.0 Å². The lowest BCUT2D eigenvalue weighted by atomic mass is 9.86. The Balaban J connectivity index is 1.25. The van der Waals surface area contributed by atoms with Gasteiger partial charge in [-0.2, -0.15) is 0 Å². The van der Waals surface area contributed by atoms with Crippen LogP contribution in [0.1, 0.15) is 66.8 Å². The Morgan fingerprint density at radius 2 is 1.87 bits per heavy atom. The monoisotopic (exact) mass is 536 g/mol. The molecule has 0 unspecified atom stereocenters. The summed E-state index contributed by atoms with van der Waals surface area (Å²) >= 11 is 0. The molecule has 0 saturated heterocycles. The van der Waals surface area contributed by atoms with E-state index in [0.29, 0.717) is 6.04 Å². The predicted octanol–water partition coefficient (Wildman–Crippen LogP) is 3.22. The first-order chi connectivity index (χ1) is 18.3. The smallest absolute Gasteiger partial charge is 0.264 e. The van der Waals surface area contributed by atoms with Crippen molar-refractivity contribution in [3.63, 3.8) is 0 Å². The molecule has 0 bridgehead atoms. The molecule has 2 atom stereocenters. The summed E-state index contributed by atoms with van der Waals surface area (Å²) in [5.41, 5.74) is 4.59. The second-order valence-electron chi connectivity index (χ2n) is 10.6. The molecule has 0 radical (unpaired) electrons. The number of sulfonamides is 1. The quantitative estimate of drug-likeness (QED) is 0.456. The first-order valence-corrected chi connectivity index (χ1v) is 15.0. The van der Waals surface area contributed by atoms with Gasteiger partial charge in [0.2, 0.25) is 11.8 Å². The molecule has 3 N–H and O–H groups in total. The number of carbonyl (C=O) groups excluding carboxylic acids is 2. The molecule has 2 aliphatic carbocycles. The van der Waals surface area contributed by atoms with Crippen LogP contribution < -0.4 is 16.0 Å². The summed E-state index contributed by atoms with van der Waals surface area (Å²) in [5.74, 6) is -0.876. The number of carbonyl (C=O) groups is 2. The molecule has 1 heterocycles. The highest BCUT2D eigenvalue weighted by atomic mass is 32.2. The summed E-state index contributed by atoms with van der Waals surface area (Å²) < 4.78 is 27.6. The minimum absolute atomic E-state index is 0.0766. The van der Waals surface area contributed by atoms with Gasteiger partial charge >= 0.3 is 0 Å². The van der Waals surface area contributed by atoms with E-state index in [1.54, 1.807) is 12.1 Å². The second-order valence-corrected chi connectivity index (χ2v) is 12.4. The molecule has 0 aromatic heterocycles. The molecule has 9 heteroatoms. The molecule has 0 spiro atoms. The van der Waals surface area contributed by atoms with Crippen LogP contribution in [0.3, 0.4) is 0 Å². The van der Waals surface area contributed by atoms with E-state index in [0.717, 1.165) is 47.7 Å². The highest BCUT2D eigenvalue weighted by Crippen LogP contribution is 2.31. The van der Waals surface area contributed by atoms with Crippen molar-refractivity contribution in [1.29, 1.82) is 0 Å². The maximum atomic E-state index is 13.3. The van der Waals surface area contributed by atoms with Gasteiger partial charge in [-0.3, -0.25) is 13.9 Å². The predicted molar refractivity (Wildman–Crippen MR) is 146 cm³/mol. The average Bonchev–Trinajstić information content (AvgIpc) is 2.87. The third-order valence-corrected chi connectivity index (χ3v) is 9.64. The van der Waals surface area contributed by atoms with Gasteiger partial charge in [0, 0.05) is 18.4 Å². The Morgan fingerprint density at radius 3 is 2.61 bits per heavy atom. The molecule has 2 amide bonds. The van der Waals surface area contributed by atoms with E-state index in [-0.39, 0.29) is 23.3 Å². The summed E-state index contributed by atoms with van der Waals surface area (Å²) in [4.78, 5) is 25.9. The fourth-order valence-electron chi connectivity index (χ4n) is 5.41. The third-order valence-electron chi connectivity index (χ3n) is 7.84. The summed E-state index contributed by atoms with van der Waals surface area (Å²) in [5, 5.41) is 9.23. The Bertz CT molecular complexity index is 1320. The van der Waals surface area contributed by atoms with Gasteiger partial charge in [0.25, 0.3) is 10.0 Å². The van der Waals surface area contributed by atoms with Crippen LogP contribution in [0.2, 0.25) is 0 Å². The summed E-state index contributed by atoms with van der Waals surface area (Å²) in [6, 6.07) is 12.3. The van der Waals surface area contributed by atoms with E-state index in [1.165, 1.54) is 54.9 Å². The Kier molecular flexibility index (Phi) is 7.85. The van der Waals surface area contributed by atoms with Crippen LogP contribution in [-0.4, -0.2) is 43.2 Å². The summed E-state index contributed by atoms with van der Waals surface area (Å²) in [6.45, 7) is 2.85. The molecule has 1 fully saturated rings. The lowest BCUT2D eigenvalue weighted by Gasteiger charge is -2.32. The number of amides is 2. The van der Waals surface area contributed by atoms with Crippen LogP contribution >= 0.6 is 0 Å². The minimum Gasteiger partial charge on any atom is -0.349 e. The maximum Gasteiger partial charge on any atom is 0.264 e. The third kappa shape index (κ3) is 5.78. The molecule has 1 saturated carbocycles. The van der Waals surface area contributed by atoms with Gasteiger partial charge in [-0.05, 0) is 80.8 Å². The maximum absolute atomic E-state index is 13.3. The number of aryl methyl sites for hydroxylation is 2. The normalized spacial score (nSPS) is 21.4. The number of benzene rings is 2. The van der Waals surface area contributed by atoms with Crippen molar-refractivity contribution in [2.75, 3.05) is 6.54 Å². The van der Waals surface area contributed by atoms with Crippen molar-refractivity contribution < 1.29 is 18.0 Å². The summed E-state index contributed by atoms with van der Waals surface area (Å²) in [7, 11) is -4.00. The van der Waals surface area contributed by atoms with Gasteiger partial charge in [0.05, 0.1) is 17.4 Å². The van der Waals surface area contributed by atoms with Gasteiger partial charge < -0.3 is 16.0 Å². The zero-order chi connectivity index (χ0) is 26.7. The Hall–Kier alpha value is -3.17. The molecule has 1 aliphatic heterocycles. The molecule has 5 rings (SSSR count). The van der Waals surface area contributed by atoms with Crippen LogP contribution in [0.15, 0.2) is 59.8 Å². The van der Waals surface area contributed by atoms with Crippen molar-refractivity contribution >= 4 is 21.8 Å². The molecule has 3 aliphatic rings. The SMILES string of the molecule is Cc1ccc(S(=O)(=O)N2C=CNC(=O)[C@H]2CC(=O)N[C@@H]2CCCc3cc(CCNC4CCC4)ccc32)cc1. The fourth-order valence-corrected chi connectivity index (χ4v) is 6.86. The van der Waals surface area contributed by atoms with E-state index >= 15 is 0 Å². The molecule has 8 nitrogen and oxygen atoms in total. The van der Waals surface area contributed by atoms with Crippen molar-refractivity contribution in [3.05, 3.63) is 77.1 Å². The molecule has 202 valence electrons. The lowest BCUT2D eigenvalue weighted by Crippen LogP contribution is -2.51. The first-order valence-electron chi connectivity index (χ1n) is 13.5. The number of hydrogen-bond acceptors (Lipinski definition) is 5. The van der Waals surface area contributed by atoms with Crippen molar-refractivity contribution in [3.8, 4) is 0 Å². The topological polar surface area (TPSA) is 108 Å². The number of nitrogens with one attached hydrogen (secondary N) is 3. The highest BCUT2D eigenvalue weighted by molar-refractivity contribution is 7.89. The lowest BCUT2D eigenvalue weighted by molar-refractivity contribution is -0.129. The Morgan fingerprint density at radius 1 is 1.08 bits per heavy atom. The van der Waals surface area contributed by atoms with Crippen molar-refractivity contribution in [2.45, 2.75) is 81.3 Å². The van der Waals surface area contributed by atoms with E-state index < -0.39 is 22.0 Å². The standard InChI is InChI=1S/C29H36N4O4S/c1-20-8-11-24(12-9-20)38(36,37)33-17-16-31-29(35)27(33)19-28(34)32-26-7-2-4-22-18-21(10-13-25(22)26)14-15-30-23-5-3-6-23/h8-13,16-18,23,26-27,30H,2-7,14-15,19H2,1H3,(H,31,35)(H,32,34)/t26-,27-/m1/s1. The number of nitrogens with zero attached hydrogens (tertiary/aromatic N) is 1. The molecule has 2 aromatic rings.